The first-order chi connectivity index (χ1) is 5.77. The van der Waals surface area contributed by atoms with Crippen LogP contribution in [0.25, 0.3) is 0 Å². The molecule has 64 valence electrons. The highest BCUT2D eigenvalue weighted by molar-refractivity contribution is 5.62. The number of rotatable bonds is 1. The van der Waals surface area contributed by atoms with Gasteiger partial charge in [-0.25, -0.2) is 9.67 Å². The zero-order chi connectivity index (χ0) is 8.55. The summed E-state index contributed by atoms with van der Waals surface area (Å²) in [5.74, 6) is 2.03. The number of nitrogens with zero attached hydrogens (tertiary/aromatic N) is 4. The second kappa shape index (κ2) is 2.69. The van der Waals surface area contributed by atoms with Gasteiger partial charge < -0.3 is 0 Å². The van der Waals surface area contributed by atoms with Crippen LogP contribution in [-0.2, 0) is 6.54 Å². The third-order valence-electron chi connectivity index (χ3n) is 1.86. The summed E-state index contributed by atoms with van der Waals surface area (Å²) in [5, 5.41) is 4.34. The number of hydrogen-bond donors (Lipinski definition) is 0. The smallest absolute Gasteiger partial charge is 0.230 e. The van der Waals surface area contributed by atoms with Crippen molar-refractivity contribution in [3.63, 3.8) is 0 Å². The Morgan fingerprint density at radius 3 is 3.00 bits per heavy atom. The molecule has 0 unspecified atom stereocenters. The third kappa shape index (κ3) is 1.13. The van der Waals surface area contributed by atoms with Crippen molar-refractivity contribution >= 4 is 12.2 Å². The number of fused-ring (bicyclic) bond motifs is 1. The molecule has 2 heterocycles. The monoisotopic (exact) mass is 164 g/mol. The Morgan fingerprint density at radius 2 is 2.33 bits per heavy atom. The van der Waals surface area contributed by atoms with Gasteiger partial charge in [0.25, 0.3) is 0 Å². The van der Waals surface area contributed by atoms with E-state index in [4.69, 9.17) is 0 Å². The van der Waals surface area contributed by atoms with Crippen molar-refractivity contribution < 1.29 is 0 Å². The summed E-state index contributed by atoms with van der Waals surface area (Å²) >= 11 is 0. The molecule has 1 aliphatic heterocycles. The Hall–Kier alpha value is -1.19. The Kier molecular flexibility index (Phi) is 1.67. The average molecular weight is 164 g/mol. The van der Waals surface area contributed by atoms with Crippen LogP contribution in [0.5, 0.6) is 0 Å². The zero-order valence-electron chi connectivity index (χ0n) is 7.36. The minimum atomic E-state index is 0.387. The molecule has 0 radical (unpaired) electrons. The molecule has 1 aliphatic rings. The molecule has 0 spiro atoms. The van der Waals surface area contributed by atoms with Crippen LogP contribution in [-0.4, -0.2) is 21.0 Å². The molecule has 0 fully saturated rings. The second-order valence-electron chi connectivity index (χ2n) is 3.25. The van der Waals surface area contributed by atoms with E-state index in [-0.39, 0.29) is 0 Å². The Labute approximate surface area is 71.3 Å². The van der Waals surface area contributed by atoms with E-state index in [2.05, 4.69) is 28.9 Å². The molecule has 0 N–H and O–H groups in total. The van der Waals surface area contributed by atoms with Crippen molar-refractivity contribution in [1.29, 1.82) is 0 Å². The van der Waals surface area contributed by atoms with Crippen LogP contribution in [0.3, 0.4) is 0 Å². The fourth-order valence-electron chi connectivity index (χ4n) is 1.17. The molecule has 0 saturated heterocycles. The Morgan fingerprint density at radius 1 is 1.50 bits per heavy atom. The molecule has 0 bridgehead atoms. The first-order valence-corrected chi connectivity index (χ1v) is 4.24. The highest BCUT2D eigenvalue weighted by Crippen LogP contribution is 2.17. The molecule has 0 amide bonds. The van der Waals surface area contributed by atoms with E-state index in [1.807, 2.05) is 10.9 Å². The largest absolute Gasteiger partial charge is 0.247 e. The fraction of sp³-hybridized carbons (Fsp3) is 0.625. The van der Waals surface area contributed by atoms with Crippen molar-refractivity contribution in [3.8, 4) is 0 Å². The predicted octanol–water partition coefficient (Wildman–Crippen LogP) is 1.51. The van der Waals surface area contributed by atoms with Crippen LogP contribution in [0.15, 0.2) is 4.99 Å². The Bertz CT molecular complexity index is 311. The van der Waals surface area contributed by atoms with Gasteiger partial charge in [-0.15, -0.1) is 0 Å². The molecule has 4 heteroatoms. The molecule has 0 aliphatic carbocycles. The SMILES string of the molecule is CC(C)c1nc2n(n1)CCC=N2. The first-order valence-electron chi connectivity index (χ1n) is 4.24. The Balaban J connectivity index is 2.39. The average Bonchev–Trinajstić information content (AvgIpc) is 2.46. The third-order valence-corrected chi connectivity index (χ3v) is 1.86. The van der Waals surface area contributed by atoms with E-state index in [0.717, 1.165) is 24.7 Å². The highest BCUT2D eigenvalue weighted by atomic mass is 15.4. The van der Waals surface area contributed by atoms with Gasteiger partial charge in [-0.3, -0.25) is 0 Å². The number of aliphatic imine (C=N–C) groups is 1. The first kappa shape index (κ1) is 7.46. The maximum Gasteiger partial charge on any atom is 0.247 e. The molecule has 2 rings (SSSR count). The number of aryl methyl sites for hydroxylation is 1. The number of aromatic nitrogens is 3. The van der Waals surface area contributed by atoms with Gasteiger partial charge in [0.05, 0.1) is 0 Å². The molecular formula is C8H12N4. The van der Waals surface area contributed by atoms with E-state index in [9.17, 15) is 0 Å². The molecule has 0 aromatic carbocycles. The fourth-order valence-corrected chi connectivity index (χ4v) is 1.17. The molecule has 1 aromatic rings. The lowest BCUT2D eigenvalue weighted by molar-refractivity contribution is 0.612. The van der Waals surface area contributed by atoms with Gasteiger partial charge in [0, 0.05) is 25.1 Å². The van der Waals surface area contributed by atoms with E-state index >= 15 is 0 Å². The molecule has 0 atom stereocenters. The van der Waals surface area contributed by atoms with Crippen LogP contribution in [0, 0.1) is 0 Å². The second-order valence-corrected chi connectivity index (χ2v) is 3.25. The maximum absolute atomic E-state index is 4.34. The van der Waals surface area contributed by atoms with E-state index in [1.165, 1.54) is 0 Å². The topological polar surface area (TPSA) is 43.1 Å². The van der Waals surface area contributed by atoms with Crippen LogP contribution < -0.4 is 0 Å². The predicted molar refractivity (Wildman–Crippen MR) is 46.9 cm³/mol. The van der Waals surface area contributed by atoms with Gasteiger partial charge in [0.15, 0.2) is 5.82 Å². The van der Waals surface area contributed by atoms with Crippen molar-refractivity contribution in [3.05, 3.63) is 5.82 Å². The number of hydrogen-bond acceptors (Lipinski definition) is 3. The molecule has 12 heavy (non-hydrogen) atoms. The van der Waals surface area contributed by atoms with Gasteiger partial charge in [0.1, 0.15) is 0 Å². The van der Waals surface area contributed by atoms with Crippen molar-refractivity contribution in [2.75, 3.05) is 0 Å². The van der Waals surface area contributed by atoms with Crippen LogP contribution >= 0.6 is 0 Å². The minimum absolute atomic E-state index is 0.387. The normalized spacial score (nSPS) is 15.2. The van der Waals surface area contributed by atoms with Gasteiger partial charge >= 0.3 is 0 Å². The van der Waals surface area contributed by atoms with Crippen molar-refractivity contribution in [1.82, 2.24) is 14.8 Å². The molecular weight excluding hydrogens is 152 g/mol. The van der Waals surface area contributed by atoms with Crippen LogP contribution in [0.4, 0.5) is 5.95 Å². The summed E-state index contributed by atoms with van der Waals surface area (Å²) in [4.78, 5) is 8.46. The summed E-state index contributed by atoms with van der Waals surface area (Å²) in [6.45, 7) is 5.09. The van der Waals surface area contributed by atoms with Crippen LogP contribution in [0.1, 0.15) is 32.0 Å². The van der Waals surface area contributed by atoms with Gasteiger partial charge in [-0.2, -0.15) is 10.1 Å². The summed E-state index contributed by atoms with van der Waals surface area (Å²) < 4.78 is 1.87. The lowest BCUT2D eigenvalue weighted by atomic mass is 10.2. The van der Waals surface area contributed by atoms with E-state index < -0.39 is 0 Å². The minimum Gasteiger partial charge on any atom is -0.230 e. The van der Waals surface area contributed by atoms with Gasteiger partial charge in [-0.05, 0) is 0 Å². The van der Waals surface area contributed by atoms with Gasteiger partial charge in [-0.1, -0.05) is 13.8 Å². The highest BCUT2D eigenvalue weighted by Gasteiger charge is 2.12. The lowest BCUT2D eigenvalue weighted by Crippen LogP contribution is -2.04. The summed E-state index contributed by atoms with van der Waals surface area (Å²) in [7, 11) is 0. The zero-order valence-corrected chi connectivity index (χ0v) is 7.36. The summed E-state index contributed by atoms with van der Waals surface area (Å²) in [6.07, 6.45) is 2.86. The van der Waals surface area contributed by atoms with Crippen molar-refractivity contribution in [2.24, 2.45) is 4.99 Å². The van der Waals surface area contributed by atoms with E-state index in [0.29, 0.717) is 5.92 Å². The van der Waals surface area contributed by atoms with Gasteiger partial charge in [0.2, 0.25) is 5.95 Å². The summed E-state index contributed by atoms with van der Waals surface area (Å²) in [6, 6.07) is 0. The van der Waals surface area contributed by atoms with Crippen molar-refractivity contribution in [2.45, 2.75) is 32.7 Å². The van der Waals surface area contributed by atoms with Crippen LogP contribution in [0.2, 0.25) is 0 Å². The molecule has 1 aromatic heterocycles. The van der Waals surface area contributed by atoms with E-state index in [1.54, 1.807) is 0 Å². The quantitative estimate of drug-likeness (QED) is 0.631. The maximum atomic E-state index is 4.34. The summed E-state index contributed by atoms with van der Waals surface area (Å²) in [5.41, 5.74) is 0. The molecule has 4 nitrogen and oxygen atoms in total. The standard InChI is InChI=1S/C8H12N4/c1-6(2)7-10-8-9-4-3-5-12(8)11-7/h4,6H,3,5H2,1-2H3. The molecule has 0 saturated carbocycles. The lowest BCUT2D eigenvalue weighted by Gasteiger charge is -2.03.